The average molecular weight is 165 g/mol. The smallest absolute Gasteiger partial charge is 0.193 e. The van der Waals surface area contributed by atoms with E-state index in [0.29, 0.717) is 0 Å². The van der Waals surface area contributed by atoms with Crippen molar-refractivity contribution >= 4 is 34.8 Å². The first-order valence-electron chi connectivity index (χ1n) is 1.69. The van der Waals surface area contributed by atoms with E-state index in [-0.39, 0.29) is 6.42 Å². The van der Waals surface area contributed by atoms with Crippen LogP contribution in [0.2, 0.25) is 0 Å². The zero-order chi connectivity index (χ0) is 5.91. The van der Waals surface area contributed by atoms with Gasteiger partial charge in [-0.25, -0.2) is 0 Å². The molecule has 0 aromatic rings. The van der Waals surface area contributed by atoms with E-state index >= 15 is 0 Å². The molecule has 0 unspecified atom stereocenters. The van der Waals surface area contributed by atoms with Crippen LogP contribution in [0.4, 0.5) is 4.39 Å². The molecule has 0 atom stereocenters. The third-order valence-corrected chi connectivity index (χ3v) is 0.945. The lowest BCUT2D eigenvalue weighted by Gasteiger charge is -2.04. The fourth-order valence-corrected chi connectivity index (χ4v) is 0.321. The maximum absolute atomic E-state index is 11.2. The van der Waals surface area contributed by atoms with Gasteiger partial charge in [-0.2, -0.15) is 0 Å². The molecule has 0 spiro atoms. The van der Waals surface area contributed by atoms with Gasteiger partial charge in [0.05, 0.1) is 6.67 Å². The molecule has 44 valence electrons. The van der Waals surface area contributed by atoms with Gasteiger partial charge in [0.15, 0.2) is 3.79 Å². The second kappa shape index (κ2) is 2.95. The van der Waals surface area contributed by atoms with Crippen LogP contribution in [0, 0.1) is 0 Å². The van der Waals surface area contributed by atoms with Crippen molar-refractivity contribution in [3.63, 3.8) is 0 Å². The first-order valence-corrected chi connectivity index (χ1v) is 2.82. The number of rotatable bonds is 1. The summed E-state index contributed by atoms with van der Waals surface area (Å²) in [6.07, 6.45) is -0.0301. The summed E-state index contributed by atoms with van der Waals surface area (Å²) >= 11 is 15.4. The molecule has 0 amide bonds. The van der Waals surface area contributed by atoms with Crippen molar-refractivity contribution in [2.75, 3.05) is 6.67 Å². The van der Waals surface area contributed by atoms with Gasteiger partial charge < -0.3 is 0 Å². The Labute approximate surface area is 56.5 Å². The largest absolute Gasteiger partial charge is 0.251 e. The van der Waals surface area contributed by atoms with Crippen LogP contribution in [0.3, 0.4) is 0 Å². The molecule has 4 heteroatoms. The summed E-state index contributed by atoms with van der Waals surface area (Å²) in [6, 6.07) is 0. The monoisotopic (exact) mass is 164 g/mol. The number of hydrogen-bond donors (Lipinski definition) is 0. The second-order valence-electron chi connectivity index (χ2n) is 1.05. The van der Waals surface area contributed by atoms with Crippen LogP contribution in [0.1, 0.15) is 6.42 Å². The van der Waals surface area contributed by atoms with Crippen LogP contribution in [-0.4, -0.2) is 10.5 Å². The SMILES string of the molecule is FCCC(Cl)(Cl)Cl. The van der Waals surface area contributed by atoms with Gasteiger partial charge in [-0.1, -0.05) is 34.8 Å². The Bertz CT molecular complexity index is 48.6. The van der Waals surface area contributed by atoms with E-state index in [2.05, 4.69) is 0 Å². The van der Waals surface area contributed by atoms with Crippen LogP contribution < -0.4 is 0 Å². The minimum absolute atomic E-state index is 0.0301. The predicted octanol–water partition coefficient (Wildman–Crippen LogP) is 2.72. The molecule has 0 saturated heterocycles. The van der Waals surface area contributed by atoms with Gasteiger partial charge in [-0.3, -0.25) is 4.39 Å². The summed E-state index contributed by atoms with van der Waals surface area (Å²) in [5.41, 5.74) is 0. The normalized spacial score (nSPS) is 12.0. The molecule has 0 fully saturated rings. The highest BCUT2D eigenvalue weighted by molar-refractivity contribution is 6.67. The third-order valence-electron chi connectivity index (χ3n) is 0.378. The first kappa shape index (κ1) is 7.80. The minimum atomic E-state index is -1.41. The minimum Gasteiger partial charge on any atom is -0.251 e. The van der Waals surface area contributed by atoms with E-state index in [1.54, 1.807) is 0 Å². The van der Waals surface area contributed by atoms with Gasteiger partial charge in [0.2, 0.25) is 0 Å². The van der Waals surface area contributed by atoms with E-state index < -0.39 is 10.5 Å². The molecule has 0 rings (SSSR count). The molecule has 0 saturated carbocycles. The van der Waals surface area contributed by atoms with Gasteiger partial charge in [0.1, 0.15) is 0 Å². The number of hydrogen-bond acceptors (Lipinski definition) is 0. The van der Waals surface area contributed by atoms with Crippen molar-refractivity contribution in [1.82, 2.24) is 0 Å². The molecule has 0 heterocycles. The van der Waals surface area contributed by atoms with Crippen LogP contribution in [0.15, 0.2) is 0 Å². The predicted molar refractivity (Wildman–Crippen MR) is 30.9 cm³/mol. The van der Waals surface area contributed by atoms with E-state index in [1.807, 2.05) is 0 Å². The molecule has 0 nitrogen and oxygen atoms in total. The Balaban J connectivity index is 3.15. The third kappa shape index (κ3) is 6.80. The highest BCUT2D eigenvalue weighted by atomic mass is 35.6. The molecule has 0 aliphatic carbocycles. The number of alkyl halides is 4. The summed E-state index contributed by atoms with van der Waals surface area (Å²) in [5.74, 6) is 0. The van der Waals surface area contributed by atoms with Gasteiger partial charge in [-0.05, 0) is 0 Å². The van der Waals surface area contributed by atoms with Crippen LogP contribution in [0.25, 0.3) is 0 Å². The standard InChI is InChI=1S/C3H4Cl3F/c4-3(5,6)1-2-7/h1-2H2. The zero-order valence-electron chi connectivity index (χ0n) is 3.43. The molecule has 0 bridgehead atoms. The summed E-state index contributed by atoms with van der Waals surface area (Å²) in [5, 5.41) is 0. The Morgan fingerprint density at radius 1 is 1.29 bits per heavy atom. The first-order chi connectivity index (χ1) is 3.06. The maximum Gasteiger partial charge on any atom is 0.193 e. The zero-order valence-corrected chi connectivity index (χ0v) is 5.69. The molecule has 0 radical (unpaired) electrons. The Morgan fingerprint density at radius 2 is 1.71 bits per heavy atom. The molecule has 0 aliphatic rings. The Kier molecular flexibility index (Phi) is 3.29. The Morgan fingerprint density at radius 3 is 1.71 bits per heavy atom. The van der Waals surface area contributed by atoms with Crippen molar-refractivity contribution in [1.29, 1.82) is 0 Å². The van der Waals surface area contributed by atoms with Gasteiger partial charge in [0, 0.05) is 6.42 Å². The highest BCUT2D eigenvalue weighted by Gasteiger charge is 2.17. The summed E-state index contributed by atoms with van der Waals surface area (Å²) in [7, 11) is 0. The van der Waals surface area contributed by atoms with Crippen LogP contribution in [-0.2, 0) is 0 Å². The fourth-order valence-electron chi connectivity index (χ4n) is 0.107. The average Bonchev–Trinajstić information content (AvgIpc) is 1.30. The Hall–Kier alpha value is 0.800. The molecule has 0 N–H and O–H groups in total. The van der Waals surface area contributed by atoms with Crippen LogP contribution in [0.5, 0.6) is 0 Å². The summed E-state index contributed by atoms with van der Waals surface area (Å²) in [6.45, 7) is -0.587. The topological polar surface area (TPSA) is 0 Å². The molecular weight excluding hydrogens is 161 g/mol. The van der Waals surface area contributed by atoms with E-state index in [1.165, 1.54) is 0 Å². The van der Waals surface area contributed by atoms with Crippen molar-refractivity contribution in [2.45, 2.75) is 10.2 Å². The maximum atomic E-state index is 11.2. The van der Waals surface area contributed by atoms with Crippen molar-refractivity contribution < 1.29 is 4.39 Å². The van der Waals surface area contributed by atoms with Crippen LogP contribution >= 0.6 is 34.8 Å². The highest BCUT2D eigenvalue weighted by Crippen LogP contribution is 2.29. The van der Waals surface area contributed by atoms with E-state index in [0.717, 1.165) is 0 Å². The second-order valence-corrected chi connectivity index (χ2v) is 3.57. The van der Waals surface area contributed by atoms with Gasteiger partial charge in [0.25, 0.3) is 0 Å². The van der Waals surface area contributed by atoms with Gasteiger partial charge >= 0.3 is 0 Å². The lowest BCUT2D eigenvalue weighted by Crippen LogP contribution is -2.01. The van der Waals surface area contributed by atoms with Crippen molar-refractivity contribution in [3.05, 3.63) is 0 Å². The lowest BCUT2D eigenvalue weighted by molar-refractivity contribution is 0.476. The molecule has 0 aliphatic heterocycles. The molecule has 0 aromatic heterocycles. The summed E-state index contributed by atoms with van der Waals surface area (Å²) < 4.78 is 9.83. The van der Waals surface area contributed by atoms with E-state index in [9.17, 15) is 4.39 Å². The lowest BCUT2D eigenvalue weighted by atomic mass is 10.5. The van der Waals surface area contributed by atoms with Crippen molar-refractivity contribution in [2.24, 2.45) is 0 Å². The fraction of sp³-hybridized carbons (Fsp3) is 1.00. The van der Waals surface area contributed by atoms with Crippen molar-refractivity contribution in [3.8, 4) is 0 Å². The molecule has 0 aromatic carbocycles. The molecule has 7 heavy (non-hydrogen) atoms. The quantitative estimate of drug-likeness (QED) is 0.524. The molecular formula is C3H4Cl3F. The van der Waals surface area contributed by atoms with E-state index in [4.69, 9.17) is 34.8 Å². The summed E-state index contributed by atoms with van der Waals surface area (Å²) in [4.78, 5) is 0. The number of halogens is 4. The van der Waals surface area contributed by atoms with Gasteiger partial charge in [-0.15, -0.1) is 0 Å².